The van der Waals surface area contributed by atoms with Crippen molar-refractivity contribution in [2.75, 3.05) is 20.3 Å². The number of ether oxygens (including phenoxy) is 3. The van der Waals surface area contributed by atoms with E-state index in [9.17, 15) is 4.79 Å². The Hall–Kier alpha value is -2.05. The first-order valence-corrected chi connectivity index (χ1v) is 8.92. The van der Waals surface area contributed by atoms with E-state index in [-0.39, 0.29) is 5.97 Å². The molecule has 132 valence electrons. The summed E-state index contributed by atoms with van der Waals surface area (Å²) in [5, 5.41) is 3.26. The van der Waals surface area contributed by atoms with Crippen LogP contribution in [0.1, 0.15) is 23.6 Å². The Morgan fingerprint density at radius 3 is 2.76 bits per heavy atom. The van der Waals surface area contributed by atoms with E-state index < -0.39 is 6.04 Å². The summed E-state index contributed by atoms with van der Waals surface area (Å²) >= 11 is 3.52. The van der Waals surface area contributed by atoms with Gasteiger partial charge in [0.1, 0.15) is 6.04 Å². The number of benzene rings is 2. The van der Waals surface area contributed by atoms with Crippen molar-refractivity contribution in [3.8, 4) is 11.5 Å². The van der Waals surface area contributed by atoms with Crippen LogP contribution in [0.3, 0.4) is 0 Å². The number of methoxy groups -OCH3 is 1. The summed E-state index contributed by atoms with van der Waals surface area (Å²) in [6.45, 7) is 1.74. The molecule has 1 unspecified atom stereocenters. The fourth-order valence-corrected chi connectivity index (χ4v) is 3.26. The smallest absolute Gasteiger partial charge is 0.327 e. The van der Waals surface area contributed by atoms with E-state index in [1.54, 1.807) is 0 Å². The van der Waals surface area contributed by atoms with E-state index >= 15 is 0 Å². The van der Waals surface area contributed by atoms with Gasteiger partial charge in [-0.1, -0.05) is 30.3 Å². The van der Waals surface area contributed by atoms with Crippen LogP contribution in [0.25, 0.3) is 0 Å². The van der Waals surface area contributed by atoms with Crippen molar-refractivity contribution in [1.29, 1.82) is 0 Å². The number of fused-ring (bicyclic) bond motifs is 1. The SMILES string of the molecule is COC(=O)C(NCc1ccccc1)c1cc(Br)c2c(c1)OCCCO2. The highest BCUT2D eigenvalue weighted by molar-refractivity contribution is 9.10. The predicted molar refractivity (Wildman–Crippen MR) is 97.8 cm³/mol. The van der Waals surface area contributed by atoms with Gasteiger partial charge in [0, 0.05) is 13.0 Å². The summed E-state index contributed by atoms with van der Waals surface area (Å²) in [4.78, 5) is 12.3. The third-order valence-electron chi connectivity index (χ3n) is 3.95. The van der Waals surface area contributed by atoms with Gasteiger partial charge in [-0.05, 0) is 39.2 Å². The highest BCUT2D eigenvalue weighted by Gasteiger charge is 2.25. The monoisotopic (exact) mass is 405 g/mol. The summed E-state index contributed by atoms with van der Waals surface area (Å²) in [5.74, 6) is 0.961. The molecule has 0 radical (unpaired) electrons. The van der Waals surface area contributed by atoms with Crippen molar-refractivity contribution in [2.24, 2.45) is 0 Å². The third-order valence-corrected chi connectivity index (χ3v) is 4.54. The average molecular weight is 406 g/mol. The van der Waals surface area contributed by atoms with Gasteiger partial charge >= 0.3 is 5.97 Å². The van der Waals surface area contributed by atoms with E-state index in [1.807, 2.05) is 42.5 Å². The Balaban J connectivity index is 1.87. The number of hydrogen-bond acceptors (Lipinski definition) is 5. The minimum atomic E-state index is -0.598. The predicted octanol–water partition coefficient (Wildman–Crippen LogP) is 3.61. The zero-order valence-corrected chi connectivity index (χ0v) is 15.5. The summed E-state index contributed by atoms with van der Waals surface area (Å²) in [5.41, 5.74) is 1.85. The Bertz CT molecular complexity index is 736. The topological polar surface area (TPSA) is 56.8 Å². The van der Waals surface area contributed by atoms with Crippen molar-refractivity contribution in [3.63, 3.8) is 0 Å². The lowest BCUT2D eigenvalue weighted by atomic mass is 10.1. The van der Waals surface area contributed by atoms with Crippen molar-refractivity contribution in [3.05, 3.63) is 58.1 Å². The van der Waals surface area contributed by atoms with E-state index in [2.05, 4.69) is 21.2 Å². The van der Waals surface area contributed by atoms with Crippen LogP contribution in [0.15, 0.2) is 46.9 Å². The first kappa shape index (κ1) is 17.8. The molecule has 0 saturated carbocycles. The molecule has 6 heteroatoms. The summed E-state index contributed by atoms with van der Waals surface area (Å²) in [7, 11) is 1.39. The second kappa shape index (κ2) is 8.36. The molecular formula is C19H20BrNO4. The Morgan fingerprint density at radius 1 is 1.24 bits per heavy atom. The molecule has 0 aromatic heterocycles. The van der Waals surface area contributed by atoms with Gasteiger partial charge < -0.3 is 14.2 Å². The van der Waals surface area contributed by atoms with Crippen LogP contribution in [0.4, 0.5) is 0 Å². The van der Waals surface area contributed by atoms with Gasteiger partial charge in [-0.2, -0.15) is 0 Å². The maximum atomic E-state index is 12.3. The largest absolute Gasteiger partial charge is 0.490 e. The molecular weight excluding hydrogens is 386 g/mol. The molecule has 2 aromatic rings. The molecule has 1 aliphatic heterocycles. The van der Waals surface area contributed by atoms with Crippen molar-refractivity contribution >= 4 is 21.9 Å². The van der Waals surface area contributed by atoms with E-state index in [1.165, 1.54) is 7.11 Å². The normalized spacial score (nSPS) is 14.5. The lowest BCUT2D eigenvalue weighted by molar-refractivity contribution is -0.143. The van der Waals surface area contributed by atoms with Gasteiger partial charge in [0.15, 0.2) is 11.5 Å². The molecule has 2 aromatic carbocycles. The van der Waals surface area contributed by atoms with Crippen LogP contribution in [-0.4, -0.2) is 26.3 Å². The molecule has 0 amide bonds. The number of rotatable bonds is 5. The van der Waals surface area contributed by atoms with E-state index in [0.29, 0.717) is 31.3 Å². The number of carbonyl (C=O) groups is 1. The Kier molecular flexibility index (Phi) is 5.94. The number of esters is 1. The van der Waals surface area contributed by atoms with Crippen molar-refractivity contribution in [1.82, 2.24) is 5.32 Å². The van der Waals surface area contributed by atoms with Gasteiger partial charge in [0.05, 0.1) is 24.8 Å². The molecule has 0 spiro atoms. The number of nitrogens with one attached hydrogen (secondary N) is 1. The van der Waals surface area contributed by atoms with Crippen LogP contribution in [0.5, 0.6) is 11.5 Å². The molecule has 25 heavy (non-hydrogen) atoms. The second-order valence-electron chi connectivity index (χ2n) is 5.70. The van der Waals surface area contributed by atoms with Crippen LogP contribution in [0.2, 0.25) is 0 Å². The lowest BCUT2D eigenvalue weighted by Gasteiger charge is -2.19. The fraction of sp³-hybridized carbons (Fsp3) is 0.316. The molecule has 1 atom stereocenters. The summed E-state index contributed by atoms with van der Waals surface area (Å²) < 4.78 is 17.2. The summed E-state index contributed by atoms with van der Waals surface area (Å²) in [6.07, 6.45) is 0.823. The highest BCUT2D eigenvalue weighted by atomic mass is 79.9. The average Bonchev–Trinajstić information content (AvgIpc) is 2.88. The lowest BCUT2D eigenvalue weighted by Crippen LogP contribution is -2.29. The summed E-state index contributed by atoms with van der Waals surface area (Å²) in [6, 6.07) is 13.0. The van der Waals surface area contributed by atoms with Gasteiger partial charge in [0.2, 0.25) is 0 Å². The Morgan fingerprint density at radius 2 is 2.00 bits per heavy atom. The molecule has 0 aliphatic carbocycles. The molecule has 0 fully saturated rings. The van der Waals surface area contributed by atoms with Crippen molar-refractivity contribution in [2.45, 2.75) is 19.0 Å². The van der Waals surface area contributed by atoms with Crippen LogP contribution in [0, 0.1) is 0 Å². The molecule has 1 aliphatic rings. The molecule has 5 nitrogen and oxygen atoms in total. The molecule has 1 N–H and O–H groups in total. The first-order chi connectivity index (χ1) is 12.2. The van der Waals surface area contributed by atoms with Crippen LogP contribution in [-0.2, 0) is 16.1 Å². The van der Waals surface area contributed by atoms with E-state index in [0.717, 1.165) is 22.0 Å². The first-order valence-electron chi connectivity index (χ1n) is 8.13. The minimum absolute atomic E-state index is 0.350. The van der Waals surface area contributed by atoms with Gasteiger partial charge in [0.25, 0.3) is 0 Å². The Labute approximate surface area is 155 Å². The standard InChI is InChI=1S/C19H20BrNO4/c1-23-19(22)17(21-12-13-6-3-2-4-7-13)14-10-15(20)18-16(11-14)24-8-5-9-25-18/h2-4,6-7,10-11,17,21H,5,8-9,12H2,1H3. The number of halogens is 1. The fourth-order valence-electron chi connectivity index (χ4n) is 2.69. The number of hydrogen-bond donors (Lipinski definition) is 1. The molecule has 0 bridgehead atoms. The maximum absolute atomic E-state index is 12.3. The molecule has 1 heterocycles. The van der Waals surface area contributed by atoms with E-state index in [4.69, 9.17) is 14.2 Å². The maximum Gasteiger partial charge on any atom is 0.327 e. The number of carbonyl (C=O) groups excluding carboxylic acids is 1. The van der Waals surface area contributed by atoms with Crippen LogP contribution < -0.4 is 14.8 Å². The minimum Gasteiger partial charge on any atom is -0.490 e. The molecule has 3 rings (SSSR count). The van der Waals surface area contributed by atoms with Gasteiger partial charge in [-0.25, -0.2) is 4.79 Å². The van der Waals surface area contributed by atoms with Gasteiger partial charge in [-0.3, -0.25) is 5.32 Å². The zero-order chi connectivity index (χ0) is 17.6. The quantitative estimate of drug-likeness (QED) is 0.769. The third kappa shape index (κ3) is 4.32. The second-order valence-corrected chi connectivity index (χ2v) is 6.56. The molecule has 0 saturated heterocycles. The van der Waals surface area contributed by atoms with Crippen molar-refractivity contribution < 1.29 is 19.0 Å². The van der Waals surface area contributed by atoms with Crippen LogP contribution >= 0.6 is 15.9 Å². The highest BCUT2D eigenvalue weighted by Crippen LogP contribution is 2.39. The van der Waals surface area contributed by atoms with Gasteiger partial charge in [-0.15, -0.1) is 0 Å². The zero-order valence-electron chi connectivity index (χ0n) is 14.0.